The van der Waals surface area contributed by atoms with Gasteiger partial charge >= 0.3 is 17.5 Å². The number of carboxylic acid groups (broad SMARTS) is 1. The van der Waals surface area contributed by atoms with Crippen molar-refractivity contribution in [2.45, 2.75) is 44.2 Å². The van der Waals surface area contributed by atoms with Gasteiger partial charge in [-0.05, 0) is 36.6 Å². The number of amides is 1. The molecule has 0 saturated carbocycles. The fourth-order valence-corrected chi connectivity index (χ4v) is 5.34. The highest BCUT2D eigenvalue weighted by atomic mass is 32.2. The molecule has 5 rings (SSSR count). The van der Waals surface area contributed by atoms with E-state index in [1.54, 1.807) is 0 Å². The molecule has 1 aromatic heterocycles. The third-order valence-electron chi connectivity index (χ3n) is 6.79. The van der Waals surface area contributed by atoms with Crippen molar-refractivity contribution in [1.29, 1.82) is 0 Å². The van der Waals surface area contributed by atoms with Crippen LogP contribution in [0.15, 0.2) is 60.9 Å². The predicted octanol–water partition coefficient (Wildman–Crippen LogP) is 4.42. The Hall–Kier alpha value is -3.54. The van der Waals surface area contributed by atoms with Crippen LogP contribution >= 0.6 is 0 Å². The molecule has 0 spiro atoms. The number of hydrogen-bond donors (Lipinski definition) is 1. The highest BCUT2D eigenvalue weighted by molar-refractivity contribution is 7.75. The van der Waals surface area contributed by atoms with E-state index in [4.69, 9.17) is 17.8 Å². The summed E-state index contributed by atoms with van der Waals surface area (Å²) in [5.74, 6) is 1.40. The van der Waals surface area contributed by atoms with Gasteiger partial charge < -0.3 is 19.5 Å². The predicted molar refractivity (Wildman–Crippen MR) is 138 cm³/mol. The molecular formula is C27H29N3O7S. The van der Waals surface area contributed by atoms with Gasteiger partial charge in [-0.1, -0.05) is 42.5 Å². The first kappa shape index (κ1) is 26.1. The standard InChI is InChI=1S/C27H29N3O7S/c1-18-25(36-23-9-7-20(8-10-23)21-15-34-38(33)35-16-21)28-17-29-26(18)37-24-11-12-30(27(31)32)22(14-24)13-19-5-3-2-4-6-19/h2-10,17,21-22,24H,11-16H2,1H3,(H,31,32)/t21?,22-,24+,38?/m1/s1. The fraction of sp³-hybridized carbons (Fsp3) is 0.370. The summed E-state index contributed by atoms with van der Waals surface area (Å²) in [5, 5.41) is 9.71. The second-order valence-electron chi connectivity index (χ2n) is 9.33. The molecule has 38 heavy (non-hydrogen) atoms. The van der Waals surface area contributed by atoms with E-state index in [9.17, 15) is 14.1 Å². The van der Waals surface area contributed by atoms with Gasteiger partial charge in [-0.2, -0.15) is 4.21 Å². The van der Waals surface area contributed by atoms with E-state index in [-0.39, 0.29) is 18.1 Å². The topological polar surface area (TPSA) is 120 Å². The molecule has 10 nitrogen and oxygen atoms in total. The molecule has 200 valence electrons. The number of piperidine rings is 1. The van der Waals surface area contributed by atoms with Gasteiger partial charge in [0, 0.05) is 31.3 Å². The van der Waals surface area contributed by atoms with Crippen LogP contribution < -0.4 is 9.47 Å². The summed E-state index contributed by atoms with van der Waals surface area (Å²) in [4.78, 5) is 21.9. The number of hydrogen-bond acceptors (Lipinski definition) is 8. The lowest BCUT2D eigenvalue weighted by Crippen LogP contribution is -2.49. The Balaban J connectivity index is 1.24. The molecular weight excluding hydrogens is 510 g/mol. The number of likely N-dealkylation sites (tertiary alicyclic amines) is 1. The molecule has 0 aliphatic carbocycles. The smallest absolute Gasteiger partial charge is 0.407 e. The van der Waals surface area contributed by atoms with Crippen LogP contribution in [0.1, 0.15) is 35.4 Å². The maximum absolute atomic E-state index is 11.8. The summed E-state index contributed by atoms with van der Waals surface area (Å²) >= 11 is -1.67. The lowest BCUT2D eigenvalue weighted by atomic mass is 9.94. The summed E-state index contributed by atoms with van der Waals surface area (Å²) in [5.41, 5.74) is 2.74. The van der Waals surface area contributed by atoms with E-state index in [0.29, 0.717) is 62.1 Å². The molecule has 1 N–H and O–H groups in total. The Morgan fingerprint density at radius 3 is 2.50 bits per heavy atom. The molecule has 2 aromatic carbocycles. The lowest BCUT2D eigenvalue weighted by molar-refractivity contribution is 0.0520. The molecule has 2 saturated heterocycles. The first-order valence-corrected chi connectivity index (χ1v) is 13.4. The van der Waals surface area contributed by atoms with Crippen molar-refractivity contribution < 1.29 is 31.9 Å². The summed E-state index contributed by atoms with van der Waals surface area (Å²) in [6, 6.07) is 17.2. The van der Waals surface area contributed by atoms with Crippen LogP contribution in [0.4, 0.5) is 4.79 Å². The molecule has 0 radical (unpaired) electrons. The molecule has 0 unspecified atom stereocenters. The number of nitrogens with zero attached hydrogens (tertiary/aromatic N) is 3. The van der Waals surface area contributed by atoms with Gasteiger partial charge in [0.25, 0.3) is 0 Å². The highest BCUT2D eigenvalue weighted by Crippen LogP contribution is 2.31. The molecule has 3 heterocycles. The average molecular weight is 540 g/mol. The van der Waals surface area contributed by atoms with Crippen molar-refractivity contribution >= 4 is 17.5 Å². The normalized spacial score (nSPS) is 23.6. The minimum atomic E-state index is -1.67. The van der Waals surface area contributed by atoms with Crippen LogP contribution in [0.2, 0.25) is 0 Å². The second kappa shape index (κ2) is 11.9. The third kappa shape index (κ3) is 6.29. The minimum Gasteiger partial charge on any atom is -0.474 e. The van der Waals surface area contributed by atoms with Crippen molar-refractivity contribution in [2.75, 3.05) is 19.8 Å². The SMILES string of the molecule is Cc1c(Oc2ccc(C3COS(=O)OC3)cc2)ncnc1O[C@H]1CCN(C(=O)O)[C@H](Cc2ccccc2)C1. The van der Waals surface area contributed by atoms with Gasteiger partial charge in [-0.15, -0.1) is 0 Å². The first-order chi connectivity index (χ1) is 18.5. The summed E-state index contributed by atoms with van der Waals surface area (Å²) in [7, 11) is 0. The zero-order valence-corrected chi connectivity index (χ0v) is 21.7. The Morgan fingerprint density at radius 2 is 1.79 bits per heavy atom. The third-order valence-corrected chi connectivity index (χ3v) is 7.45. The van der Waals surface area contributed by atoms with E-state index in [1.807, 2.05) is 61.5 Å². The molecule has 2 aliphatic rings. The van der Waals surface area contributed by atoms with Crippen LogP contribution in [0.25, 0.3) is 0 Å². The van der Waals surface area contributed by atoms with Gasteiger partial charge in [-0.25, -0.2) is 14.8 Å². The van der Waals surface area contributed by atoms with Gasteiger partial charge in [0.2, 0.25) is 11.8 Å². The van der Waals surface area contributed by atoms with Gasteiger partial charge in [-0.3, -0.25) is 8.37 Å². The molecule has 0 bridgehead atoms. The van der Waals surface area contributed by atoms with Gasteiger partial charge in [0.05, 0.1) is 18.8 Å². The minimum absolute atomic E-state index is 0.000741. The molecule has 3 aromatic rings. The number of carbonyl (C=O) groups is 1. The van der Waals surface area contributed by atoms with E-state index >= 15 is 0 Å². The van der Waals surface area contributed by atoms with Crippen LogP contribution in [0, 0.1) is 6.92 Å². The average Bonchev–Trinajstić information content (AvgIpc) is 2.92. The van der Waals surface area contributed by atoms with Crippen LogP contribution in [-0.4, -0.2) is 62.2 Å². The Labute approximate surface area is 223 Å². The number of ether oxygens (including phenoxy) is 2. The fourth-order valence-electron chi connectivity index (χ4n) is 4.72. The Bertz CT molecular complexity index is 1270. The zero-order chi connectivity index (χ0) is 26.5. The Morgan fingerprint density at radius 1 is 1.08 bits per heavy atom. The van der Waals surface area contributed by atoms with Crippen molar-refractivity contribution in [3.63, 3.8) is 0 Å². The molecule has 2 atom stereocenters. The van der Waals surface area contributed by atoms with Gasteiger partial charge in [0.1, 0.15) is 18.2 Å². The van der Waals surface area contributed by atoms with E-state index < -0.39 is 17.5 Å². The summed E-state index contributed by atoms with van der Waals surface area (Å²) < 4.78 is 33.6. The number of aromatic nitrogens is 2. The zero-order valence-electron chi connectivity index (χ0n) is 20.9. The quantitative estimate of drug-likeness (QED) is 0.465. The van der Waals surface area contributed by atoms with E-state index in [1.165, 1.54) is 11.2 Å². The largest absolute Gasteiger partial charge is 0.474 e. The van der Waals surface area contributed by atoms with Crippen molar-refractivity contribution in [2.24, 2.45) is 0 Å². The second-order valence-corrected chi connectivity index (χ2v) is 10.2. The maximum Gasteiger partial charge on any atom is 0.407 e. The number of rotatable bonds is 7. The summed E-state index contributed by atoms with van der Waals surface area (Å²) in [6.07, 6.45) is 2.05. The molecule has 2 fully saturated rings. The van der Waals surface area contributed by atoms with Crippen LogP contribution in [-0.2, 0) is 26.1 Å². The number of benzene rings is 2. The summed E-state index contributed by atoms with van der Waals surface area (Å²) in [6.45, 7) is 2.89. The van der Waals surface area contributed by atoms with Crippen LogP contribution in [0.3, 0.4) is 0 Å². The van der Waals surface area contributed by atoms with E-state index in [0.717, 1.165) is 11.1 Å². The Kier molecular flexibility index (Phi) is 8.16. The first-order valence-electron chi connectivity index (χ1n) is 12.4. The molecule has 1 amide bonds. The van der Waals surface area contributed by atoms with Crippen molar-refractivity contribution in [1.82, 2.24) is 14.9 Å². The highest BCUT2D eigenvalue weighted by Gasteiger charge is 2.33. The van der Waals surface area contributed by atoms with Crippen LogP contribution in [0.5, 0.6) is 17.5 Å². The monoisotopic (exact) mass is 539 g/mol. The van der Waals surface area contributed by atoms with Gasteiger partial charge in [0.15, 0.2) is 0 Å². The lowest BCUT2D eigenvalue weighted by Gasteiger charge is -2.37. The molecule has 11 heteroatoms. The maximum atomic E-state index is 11.8. The van der Waals surface area contributed by atoms with Crippen molar-refractivity contribution in [3.05, 3.63) is 77.6 Å². The van der Waals surface area contributed by atoms with E-state index in [2.05, 4.69) is 9.97 Å². The molecule has 2 aliphatic heterocycles. The van der Waals surface area contributed by atoms with Crippen molar-refractivity contribution in [3.8, 4) is 17.5 Å².